The van der Waals surface area contributed by atoms with E-state index in [1.165, 1.54) is 0 Å². The number of nitrogens with zero attached hydrogens (tertiary/aromatic N) is 4. The fourth-order valence-corrected chi connectivity index (χ4v) is 3.48. The fourth-order valence-electron chi connectivity index (χ4n) is 3.48. The van der Waals surface area contributed by atoms with Crippen molar-refractivity contribution < 1.29 is 14.3 Å². The lowest BCUT2D eigenvalue weighted by atomic mass is 10.1. The molecule has 1 atom stereocenters. The Morgan fingerprint density at radius 1 is 1.12 bits per heavy atom. The number of nitrogens with one attached hydrogen (secondary N) is 1. The van der Waals surface area contributed by atoms with Crippen LogP contribution < -0.4 is 5.32 Å². The topological polar surface area (TPSA) is 87.7 Å². The minimum Gasteiger partial charge on any atom is -0.378 e. The van der Waals surface area contributed by atoms with Gasteiger partial charge in [-0.1, -0.05) is 6.07 Å². The molecule has 2 saturated heterocycles. The van der Waals surface area contributed by atoms with Crippen molar-refractivity contribution in [2.45, 2.75) is 6.04 Å². The van der Waals surface area contributed by atoms with Crippen LogP contribution in [0.5, 0.6) is 0 Å². The number of benzene rings is 1. The van der Waals surface area contributed by atoms with Gasteiger partial charge in [0.15, 0.2) is 0 Å². The molecule has 0 radical (unpaired) electrons. The molecule has 0 unspecified atom stereocenters. The van der Waals surface area contributed by atoms with Crippen molar-refractivity contribution >= 4 is 22.8 Å². The summed E-state index contributed by atoms with van der Waals surface area (Å²) in [6.07, 6.45) is 3.18. The highest BCUT2D eigenvalue weighted by Gasteiger charge is 2.36. The Kier molecular flexibility index (Phi) is 4.77. The molecule has 8 heteroatoms. The van der Waals surface area contributed by atoms with E-state index in [1.54, 1.807) is 34.3 Å². The van der Waals surface area contributed by atoms with E-state index in [9.17, 15) is 9.59 Å². The Bertz CT molecular complexity index is 816. The van der Waals surface area contributed by atoms with Crippen LogP contribution in [-0.2, 0) is 9.53 Å². The van der Waals surface area contributed by atoms with Gasteiger partial charge in [0.1, 0.15) is 11.6 Å². The quantitative estimate of drug-likeness (QED) is 0.810. The molecule has 0 saturated carbocycles. The number of rotatable bonds is 2. The SMILES string of the molecule is O=C([C@H]1CNCCN1C(=O)c1cccc2nccnc12)N1CCOCC1. The van der Waals surface area contributed by atoms with Crippen LogP contribution in [0.1, 0.15) is 10.4 Å². The zero-order valence-electron chi connectivity index (χ0n) is 14.4. The monoisotopic (exact) mass is 355 g/mol. The fraction of sp³-hybridized carbons (Fsp3) is 0.444. The van der Waals surface area contributed by atoms with Gasteiger partial charge in [0.25, 0.3) is 5.91 Å². The van der Waals surface area contributed by atoms with Gasteiger partial charge in [-0.3, -0.25) is 19.6 Å². The van der Waals surface area contributed by atoms with Gasteiger partial charge in [-0.2, -0.15) is 0 Å². The first-order chi connectivity index (χ1) is 12.8. The molecule has 136 valence electrons. The maximum atomic E-state index is 13.2. The number of hydrogen-bond acceptors (Lipinski definition) is 6. The predicted octanol–water partition coefficient (Wildman–Crippen LogP) is -0.0974. The third-order valence-corrected chi connectivity index (χ3v) is 4.84. The van der Waals surface area contributed by atoms with E-state index in [-0.39, 0.29) is 11.8 Å². The van der Waals surface area contributed by atoms with E-state index < -0.39 is 6.04 Å². The number of aromatic nitrogens is 2. The van der Waals surface area contributed by atoms with Gasteiger partial charge in [-0.25, -0.2) is 0 Å². The smallest absolute Gasteiger partial charge is 0.256 e. The van der Waals surface area contributed by atoms with Crippen molar-refractivity contribution in [2.24, 2.45) is 0 Å². The highest BCUT2D eigenvalue weighted by molar-refractivity contribution is 6.06. The Morgan fingerprint density at radius 2 is 1.92 bits per heavy atom. The first kappa shape index (κ1) is 16.9. The summed E-state index contributed by atoms with van der Waals surface area (Å²) in [6, 6.07) is 4.86. The molecule has 1 aromatic carbocycles. The second-order valence-electron chi connectivity index (χ2n) is 6.39. The lowest BCUT2D eigenvalue weighted by Crippen LogP contribution is -2.61. The molecular formula is C18H21N5O3. The van der Waals surface area contributed by atoms with Crippen molar-refractivity contribution in [1.82, 2.24) is 25.1 Å². The summed E-state index contributed by atoms with van der Waals surface area (Å²) in [5.41, 5.74) is 1.72. The van der Waals surface area contributed by atoms with Gasteiger partial charge in [0.05, 0.1) is 24.3 Å². The van der Waals surface area contributed by atoms with Gasteiger partial charge in [0.2, 0.25) is 5.91 Å². The lowest BCUT2D eigenvalue weighted by molar-refractivity contribution is -0.140. The zero-order valence-corrected chi connectivity index (χ0v) is 14.4. The van der Waals surface area contributed by atoms with Crippen LogP contribution in [0.3, 0.4) is 0 Å². The number of amides is 2. The molecule has 0 spiro atoms. The lowest BCUT2D eigenvalue weighted by Gasteiger charge is -2.39. The van der Waals surface area contributed by atoms with E-state index in [0.717, 1.165) is 0 Å². The normalized spacial score (nSPS) is 21.0. The average Bonchev–Trinajstić information content (AvgIpc) is 2.73. The molecule has 3 heterocycles. The van der Waals surface area contributed by atoms with Gasteiger partial charge in [0, 0.05) is 45.1 Å². The van der Waals surface area contributed by atoms with Crippen LogP contribution in [-0.4, -0.2) is 83.6 Å². The molecule has 2 aliphatic heterocycles. The molecule has 0 aliphatic carbocycles. The number of para-hydroxylation sites is 1. The molecule has 26 heavy (non-hydrogen) atoms. The first-order valence-corrected chi connectivity index (χ1v) is 8.83. The molecule has 4 rings (SSSR count). The number of morpholine rings is 1. The van der Waals surface area contributed by atoms with Gasteiger partial charge in [-0.15, -0.1) is 0 Å². The number of ether oxygens (including phenoxy) is 1. The van der Waals surface area contributed by atoms with Gasteiger partial charge >= 0.3 is 0 Å². The third-order valence-electron chi connectivity index (χ3n) is 4.84. The maximum Gasteiger partial charge on any atom is 0.256 e. The predicted molar refractivity (Wildman–Crippen MR) is 94.6 cm³/mol. The molecule has 1 N–H and O–H groups in total. The summed E-state index contributed by atoms with van der Waals surface area (Å²) in [7, 11) is 0. The summed E-state index contributed by atoms with van der Waals surface area (Å²) in [4.78, 5) is 38.2. The summed E-state index contributed by atoms with van der Waals surface area (Å²) in [5.74, 6) is -0.204. The van der Waals surface area contributed by atoms with Crippen molar-refractivity contribution in [1.29, 1.82) is 0 Å². The molecule has 2 aliphatic rings. The highest BCUT2D eigenvalue weighted by Crippen LogP contribution is 2.19. The number of fused-ring (bicyclic) bond motifs is 1. The van der Waals surface area contributed by atoms with Crippen LogP contribution in [0.15, 0.2) is 30.6 Å². The summed E-state index contributed by atoms with van der Waals surface area (Å²) < 4.78 is 5.32. The standard InChI is InChI=1S/C18H21N5O3/c24-17(13-2-1-3-14-16(13)21-5-4-20-14)23-7-6-19-12-15(23)18(25)22-8-10-26-11-9-22/h1-5,15,19H,6-12H2/t15-/m1/s1. The molecule has 2 aromatic rings. The third kappa shape index (κ3) is 3.13. The van der Waals surface area contributed by atoms with E-state index in [4.69, 9.17) is 4.74 Å². The van der Waals surface area contributed by atoms with E-state index in [0.29, 0.717) is 62.5 Å². The number of piperazine rings is 1. The van der Waals surface area contributed by atoms with Crippen molar-refractivity contribution in [3.8, 4) is 0 Å². The highest BCUT2D eigenvalue weighted by atomic mass is 16.5. The van der Waals surface area contributed by atoms with Crippen molar-refractivity contribution in [3.63, 3.8) is 0 Å². The maximum absolute atomic E-state index is 13.2. The second kappa shape index (κ2) is 7.35. The molecule has 2 amide bonds. The van der Waals surface area contributed by atoms with E-state index in [1.807, 2.05) is 6.07 Å². The molecule has 1 aromatic heterocycles. The van der Waals surface area contributed by atoms with E-state index >= 15 is 0 Å². The summed E-state index contributed by atoms with van der Waals surface area (Å²) >= 11 is 0. The van der Waals surface area contributed by atoms with Gasteiger partial charge in [-0.05, 0) is 12.1 Å². The summed E-state index contributed by atoms with van der Waals surface area (Å²) in [5, 5.41) is 3.23. The van der Waals surface area contributed by atoms with Crippen molar-refractivity contribution in [3.05, 3.63) is 36.2 Å². The Hall–Kier alpha value is -2.58. The van der Waals surface area contributed by atoms with Crippen LogP contribution >= 0.6 is 0 Å². The number of carbonyl (C=O) groups is 2. The molecular weight excluding hydrogens is 334 g/mol. The van der Waals surface area contributed by atoms with Crippen LogP contribution in [0, 0.1) is 0 Å². The largest absolute Gasteiger partial charge is 0.378 e. The van der Waals surface area contributed by atoms with Crippen molar-refractivity contribution in [2.75, 3.05) is 45.9 Å². The Balaban J connectivity index is 1.63. The Labute approximate surface area is 151 Å². The van der Waals surface area contributed by atoms with Gasteiger partial charge < -0.3 is 19.9 Å². The molecule has 0 bridgehead atoms. The van der Waals surface area contributed by atoms with E-state index in [2.05, 4.69) is 15.3 Å². The van der Waals surface area contributed by atoms with Crippen LogP contribution in [0.2, 0.25) is 0 Å². The number of carbonyl (C=O) groups excluding carboxylic acids is 2. The Morgan fingerprint density at radius 3 is 2.77 bits per heavy atom. The minimum atomic E-state index is -0.513. The summed E-state index contributed by atoms with van der Waals surface area (Å²) in [6.45, 7) is 3.81. The molecule has 8 nitrogen and oxygen atoms in total. The molecule has 2 fully saturated rings. The second-order valence-corrected chi connectivity index (χ2v) is 6.39. The minimum absolute atomic E-state index is 0.0276. The van der Waals surface area contributed by atoms with Crippen LogP contribution in [0.25, 0.3) is 11.0 Å². The zero-order chi connectivity index (χ0) is 17.9. The average molecular weight is 355 g/mol. The van der Waals surface area contributed by atoms with Crippen LogP contribution in [0.4, 0.5) is 0 Å². The first-order valence-electron chi connectivity index (χ1n) is 8.83. The number of hydrogen-bond donors (Lipinski definition) is 1.